The van der Waals surface area contributed by atoms with Crippen LogP contribution in [-0.2, 0) is 9.53 Å². The molecular formula is C8H16O3. The molecule has 0 aliphatic carbocycles. The molecule has 0 heterocycles. The molecule has 1 N–H and O–H groups in total. The Balaban J connectivity index is 3.79. The highest BCUT2D eigenvalue weighted by molar-refractivity contribution is 5.72. The lowest BCUT2D eigenvalue weighted by Gasteiger charge is -2.14. The molecule has 11 heavy (non-hydrogen) atoms. The van der Waals surface area contributed by atoms with Crippen molar-refractivity contribution in [3.8, 4) is 0 Å². The highest BCUT2D eigenvalue weighted by Gasteiger charge is 2.17. The van der Waals surface area contributed by atoms with Gasteiger partial charge in [0.25, 0.3) is 0 Å². The number of hydrogen-bond acceptors (Lipinski definition) is 2. The Bertz CT molecular complexity index is 121. The lowest BCUT2D eigenvalue weighted by atomic mass is 10.2. The maximum atomic E-state index is 10.5. The molecule has 0 spiro atoms. The zero-order valence-electron chi connectivity index (χ0n) is 7.33. The maximum absolute atomic E-state index is 10.5. The number of hydrogen-bond donors (Lipinski definition) is 1. The quantitative estimate of drug-likeness (QED) is 0.665. The van der Waals surface area contributed by atoms with Gasteiger partial charge >= 0.3 is 5.97 Å². The summed E-state index contributed by atoms with van der Waals surface area (Å²) in [6.07, 6.45) is 0.791. The summed E-state index contributed by atoms with van der Waals surface area (Å²) >= 11 is 0. The SMILES string of the molecule is CCCC(OC(C)C)C(=O)O. The number of aliphatic carboxylic acids is 1. The van der Waals surface area contributed by atoms with Crippen molar-refractivity contribution < 1.29 is 14.6 Å². The Morgan fingerprint density at radius 3 is 2.36 bits per heavy atom. The summed E-state index contributed by atoms with van der Waals surface area (Å²) in [5, 5.41) is 8.63. The first-order valence-electron chi connectivity index (χ1n) is 3.96. The summed E-state index contributed by atoms with van der Waals surface area (Å²) < 4.78 is 5.15. The second-order valence-electron chi connectivity index (χ2n) is 2.80. The van der Waals surface area contributed by atoms with E-state index in [9.17, 15) is 4.79 Å². The summed E-state index contributed by atoms with van der Waals surface area (Å²) in [4.78, 5) is 10.5. The van der Waals surface area contributed by atoms with Crippen molar-refractivity contribution in [2.45, 2.75) is 45.8 Å². The fraction of sp³-hybridized carbons (Fsp3) is 0.875. The maximum Gasteiger partial charge on any atom is 0.332 e. The van der Waals surface area contributed by atoms with Crippen LogP contribution in [0.4, 0.5) is 0 Å². The minimum atomic E-state index is -0.861. The Morgan fingerprint density at radius 2 is 2.09 bits per heavy atom. The molecule has 0 saturated heterocycles. The molecule has 1 unspecified atom stereocenters. The zero-order chi connectivity index (χ0) is 8.85. The van der Waals surface area contributed by atoms with E-state index in [0.29, 0.717) is 6.42 Å². The fourth-order valence-electron chi connectivity index (χ4n) is 0.840. The molecule has 0 aliphatic rings. The van der Waals surface area contributed by atoms with Gasteiger partial charge in [0.05, 0.1) is 6.10 Å². The van der Waals surface area contributed by atoms with Crippen LogP contribution in [0.3, 0.4) is 0 Å². The molecule has 3 nitrogen and oxygen atoms in total. The Labute approximate surface area is 67.4 Å². The van der Waals surface area contributed by atoms with Crippen molar-refractivity contribution in [1.82, 2.24) is 0 Å². The molecular weight excluding hydrogens is 144 g/mol. The first-order valence-corrected chi connectivity index (χ1v) is 3.96. The van der Waals surface area contributed by atoms with Crippen LogP contribution in [0, 0.1) is 0 Å². The molecule has 0 radical (unpaired) electrons. The van der Waals surface area contributed by atoms with Gasteiger partial charge in [-0.3, -0.25) is 0 Å². The van der Waals surface area contributed by atoms with E-state index in [-0.39, 0.29) is 6.10 Å². The lowest BCUT2D eigenvalue weighted by Crippen LogP contribution is -2.26. The van der Waals surface area contributed by atoms with Crippen LogP contribution in [0.5, 0.6) is 0 Å². The Kier molecular flexibility index (Phi) is 4.86. The second-order valence-corrected chi connectivity index (χ2v) is 2.80. The van der Waals surface area contributed by atoms with Gasteiger partial charge in [-0.25, -0.2) is 4.79 Å². The zero-order valence-corrected chi connectivity index (χ0v) is 7.33. The van der Waals surface area contributed by atoms with E-state index in [0.717, 1.165) is 6.42 Å². The van der Waals surface area contributed by atoms with Crippen LogP contribution in [0.15, 0.2) is 0 Å². The van der Waals surface area contributed by atoms with Crippen molar-refractivity contribution in [3.63, 3.8) is 0 Å². The number of carboxylic acids is 1. The van der Waals surface area contributed by atoms with E-state index in [1.165, 1.54) is 0 Å². The molecule has 0 fully saturated rings. The molecule has 0 aromatic carbocycles. The predicted octanol–water partition coefficient (Wildman–Crippen LogP) is 1.66. The summed E-state index contributed by atoms with van der Waals surface area (Å²) in [7, 11) is 0. The Morgan fingerprint density at radius 1 is 1.55 bits per heavy atom. The largest absolute Gasteiger partial charge is 0.479 e. The summed E-state index contributed by atoms with van der Waals surface area (Å²) in [6, 6.07) is 0. The molecule has 1 atom stereocenters. The minimum Gasteiger partial charge on any atom is -0.479 e. The average Bonchev–Trinajstić information content (AvgIpc) is 1.86. The normalized spacial score (nSPS) is 13.5. The van der Waals surface area contributed by atoms with Gasteiger partial charge in [0.2, 0.25) is 0 Å². The van der Waals surface area contributed by atoms with Crippen molar-refractivity contribution in [2.24, 2.45) is 0 Å². The molecule has 0 saturated carbocycles. The van der Waals surface area contributed by atoms with Gasteiger partial charge in [0.1, 0.15) is 0 Å². The number of carbonyl (C=O) groups is 1. The lowest BCUT2D eigenvalue weighted by molar-refractivity contribution is -0.153. The summed E-state index contributed by atoms with van der Waals surface area (Å²) in [6.45, 7) is 5.62. The monoisotopic (exact) mass is 160 g/mol. The smallest absolute Gasteiger partial charge is 0.332 e. The number of ether oxygens (including phenoxy) is 1. The van der Waals surface area contributed by atoms with Gasteiger partial charge < -0.3 is 9.84 Å². The molecule has 0 bridgehead atoms. The van der Waals surface area contributed by atoms with Crippen LogP contribution in [-0.4, -0.2) is 23.3 Å². The van der Waals surface area contributed by atoms with Gasteiger partial charge in [-0.1, -0.05) is 13.3 Å². The summed E-state index contributed by atoms with van der Waals surface area (Å²) in [5.41, 5.74) is 0. The van der Waals surface area contributed by atoms with Gasteiger partial charge in [0.15, 0.2) is 6.10 Å². The third-order valence-electron chi connectivity index (χ3n) is 1.26. The fourth-order valence-corrected chi connectivity index (χ4v) is 0.840. The summed E-state index contributed by atoms with van der Waals surface area (Å²) in [5.74, 6) is -0.861. The van der Waals surface area contributed by atoms with Gasteiger partial charge in [0, 0.05) is 0 Å². The molecule has 3 heteroatoms. The first kappa shape index (κ1) is 10.4. The van der Waals surface area contributed by atoms with Gasteiger partial charge in [-0.05, 0) is 20.3 Å². The molecule has 66 valence electrons. The first-order chi connectivity index (χ1) is 5.07. The van der Waals surface area contributed by atoms with E-state index in [2.05, 4.69) is 0 Å². The third-order valence-corrected chi connectivity index (χ3v) is 1.26. The predicted molar refractivity (Wildman–Crippen MR) is 42.6 cm³/mol. The second kappa shape index (κ2) is 5.13. The van der Waals surface area contributed by atoms with Crippen LogP contribution < -0.4 is 0 Å². The number of rotatable bonds is 5. The number of carboxylic acid groups (broad SMARTS) is 1. The highest BCUT2D eigenvalue weighted by Crippen LogP contribution is 2.05. The third kappa shape index (κ3) is 4.79. The Hall–Kier alpha value is -0.570. The van der Waals surface area contributed by atoms with Crippen molar-refractivity contribution in [2.75, 3.05) is 0 Å². The van der Waals surface area contributed by atoms with Crippen molar-refractivity contribution in [1.29, 1.82) is 0 Å². The molecule has 0 rings (SSSR count). The van der Waals surface area contributed by atoms with E-state index in [1.807, 2.05) is 20.8 Å². The van der Waals surface area contributed by atoms with E-state index in [4.69, 9.17) is 9.84 Å². The van der Waals surface area contributed by atoms with Crippen LogP contribution in [0.1, 0.15) is 33.6 Å². The molecule has 0 amide bonds. The molecule has 0 aliphatic heterocycles. The van der Waals surface area contributed by atoms with E-state index in [1.54, 1.807) is 0 Å². The van der Waals surface area contributed by atoms with Crippen LogP contribution in [0.2, 0.25) is 0 Å². The van der Waals surface area contributed by atoms with Crippen molar-refractivity contribution >= 4 is 5.97 Å². The standard InChI is InChI=1S/C8H16O3/c1-4-5-7(8(9)10)11-6(2)3/h6-7H,4-5H2,1-3H3,(H,9,10). The molecule has 0 aromatic heterocycles. The topological polar surface area (TPSA) is 46.5 Å². The van der Waals surface area contributed by atoms with Crippen molar-refractivity contribution in [3.05, 3.63) is 0 Å². The van der Waals surface area contributed by atoms with E-state index >= 15 is 0 Å². The van der Waals surface area contributed by atoms with E-state index < -0.39 is 12.1 Å². The highest BCUT2D eigenvalue weighted by atomic mass is 16.5. The van der Waals surface area contributed by atoms with Crippen LogP contribution >= 0.6 is 0 Å². The van der Waals surface area contributed by atoms with Gasteiger partial charge in [-0.15, -0.1) is 0 Å². The molecule has 0 aromatic rings. The van der Waals surface area contributed by atoms with Crippen LogP contribution in [0.25, 0.3) is 0 Å². The average molecular weight is 160 g/mol. The van der Waals surface area contributed by atoms with Gasteiger partial charge in [-0.2, -0.15) is 0 Å². The minimum absolute atomic E-state index is 0.0114.